The lowest BCUT2D eigenvalue weighted by Crippen LogP contribution is -2.32. The Hall–Kier alpha value is -1.95. The number of hydrogen-bond acceptors (Lipinski definition) is 4. The van der Waals surface area contributed by atoms with Crippen LogP contribution in [0, 0.1) is 0 Å². The van der Waals surface area contributed by atoms with Crippen molar-refractivity contribution in [1.29, 1.82) is 0 Å². The molecule has 6 nitrogen and oxygen atoms in total. The Bertz CT molecular complexity index is 381. The zero-order chi connectivity index (χ0) is 12.7. The smallest absolute Gasteiger partial charge is 0.320 e. The summed E-state index contributed by atoms with van der Waals surface area (Å²) < 4.78 is 0. The zero-order valence-electron chi connectivity index (χ0n) is 9.30. The van der Waals surface area contributed by atoms with Crippen molar-refractivity contribution in [3.05, 3.63) is 30.1 Å². The van der Waals surface area contributed by atoms with Gasteiger partial charge in [0.25, 0.3) is 5.91 Å². The number of carboxylic acid groups (broad SMARTS) is 1. The van der Waals surface area contributed by atoms with E-state index >= 15 is 0 Å². The molecule has 0 aromatic carbocycles. The van der Waals surface area contributed by atoms with Crippen molar-refractivity contribution in [1.82, 2.24) is 10.3 Å². The Kier molecular flexibility index (Phi) is 5.09. The Morgan fingerprint density at radius 1 is 1.41 bits per heavy atom. The Morgan fingerprint density at radius 2 is 2.06 bits per heavy atom. The number of carbonyl (C=O) groups is 2. The van der Waals surface area contributed by atoms with Crippen molar-refractivity contribution >= 4 is 11.9 Å². The van der Waals surface area contributed by atoms with Crippen LogP contribution < -0.4 is 11.1 Å². The highest BCUT2D eigenvalue weighted by atomic mass is 16.4. The normalized spacial score (nSPS) is 11.8. The largest absolute Gasteiger partial charge is 0.480 e. The summed E-state index contributed by atoms with van der Waals surface area (Å²) in [5.74, 6) is -1.22. The molecule has 4 N–H and O–H groups in total. The van der Waals surface area contributed by atoms with Gasteiger partial charge >= 0.3 is 5.97 Å². The maximum absolute atomic E-state index is 11.5. The van der Waals surface area contributed by atoms with Gasteiger partial charge in [0.05, 0.1) is 0 Å². The number of aliphatic carboxylic acids is 1. The average Bonchev–Trinajstić information content (AvgIpc) is 2.35. The Balaban J connectivity index is 2.24. The number of amides is 1. The van der Waals surface area contributed by atoms with Gasteiger partial charge in [0.1, 0.15) is 6.04 Å². The standard InChI is InChI=1S/C11H15N3O3/c12-9(11(16)17)2-1-5-14-10(15)8-3-6-13-7-4-8/h3-4,6-7,9H,1-2,5,12H2,(H,14,15)(H,16,17)/t9-/m0/s1. The molecule has 0 saturated heterocycles. The van der Waals surface area contributed by atoms with Gasteiger partial charge in [-0.15, -0.1) is 0 Å². The van der Waals surface area contributed by atoms with Crippen LogP contribution in [0.3, 0.4) is 0 Å². The molecule has 0 unspecified atom stereocenters. The number of nitrogens with zero attached hydrogens (tertiary/aromatic N) is 1. The molecule has 0 radical (unpaired) electrons. The first-order valence-electron chi connectivity index (χ1n) is 5.28. The molecule has 1 amide bonds. The van der Waals surface area contributed by atoms with Gasteiger partial charge in [-0.3, -0.25) is 14.6 Å². The third-order valence-electron chi connectivity index (χ3n) is 2.24. The van der Waals surface area contributed by atoms with Gasteiger partial charge in [-0.1, -0.05) is 0 Å². The molecule has 1 atom stereocenters. The van der Waals surface area contributed by atoms with E-state index in [1.165, 1.54) is 12.4 Å². The number of carbonyl (C=O) groups excluding carboxylic acids is 1. The van der Waals surface area contributed by atoms with Crippen molar-refractivity contribution in [3.8, 4) is 0 Å². The van der Waals surface area contributed by atoms with Crippen molar-refractivity contribution in [2.24, 2.45) is 5.73 Å². The first-order chi connectivity index (χ1) is 8.11. The summed E-state index contributed by atoms with van der Waals surface area (Å²) in [6.07, 6.45) is 3.95. The van der Waals surface area contributed by atoms with Gasteiger partial charge in [0, 0.05) is 24.5 Å². The van der Waals surface area contributed by atoms with Crippen LogP contribution in [0.1, 0.15) is 23.2 Å². The molecule has 0 spiro atoms. The summed E-state index contributed by atoms with van der Waals surface area (Å²) in [6, 6.07) is 2.35. The maximum atomic E-state index is 11.5. The molecule has 0 fully saturated rings. The highest BCUT2D eigenvalue weighted by molar-refractivity contribution is 5.93. The lowest BCUT2D eigenvalue weighted by molar-refractivity contribution is -0.138. The lowest BCUT2D eigenvalue weighted by atomic mass is 10.1. The first kappa shape index (κ1) is 13.1. The van der Waals surface area contributed by atoms with E-state index in [-0.39, 0.29) is 5.91 Å². The summed E-state index contributed by atoms with van der Waals surface area (Å²) in [7, 11) is 0. The molecule has 0 saturated carbocycles. The highest BCUT2D eigenvalue weighted by Gasteiger charge is 2.10. The van der Waals surface area contributed by atoms with Crippen molar-refractivity contribution in [2.45, 2.75) is 18.9 Å². The molecule has 17 heavy (non-hydrogen) atoms. The van der Waals surface area contributed by atoms with Crippen LogP contribution in [-0.4, -0.2) is 34.6 Å². The van der Waals surface area contributed by atoms with E-state index in [2.05, 4.69) is 10.3 Å². The van der Waals surface area contributed by atoms with Crippen LogP contribution in [0.25, 0.3) is 0 Å². The van der Waals surface area contributed by atoms with E-state index in [1.807, 2.05) is 0 Å². The van der Waals surface area contributed by atoms with Crippen molar-refractivity contribution < 1.29 is 14.7 Å². The van der Waals surface area contributed by atoms with Gasteiger partial charge in [-0.05, 0) is 25.0 Å². The maximum Gasteiger partial charge on any atom is 0.320 e. The zero-order valence-corrected chi connectivity index (χ0v) is 9.30. The fourth-order valence-corrected chi connectivity index (χ4v) is 1.25. The quantitative estimate of drug-likeness (QED) is 0.604. The topological polar surface area (TPSA) is 105 Å². The fraction of sp³-hybridized carbons (Fsp3) is 0.364. The number of pyridine rings is 1. The van der Waals surface area contributed by atoms with E-state index in [4.69, 9.17) is 10.8 Å². The number of hydrogen-bond donors (Lipinski definition) is 3. The number of carboxylic acids is 1. The summed E-state index contributed by atoms with van der Waals surface area (Å²) in [4.78, 5) is 25.8. The van der Waals surface area contributed by atoms with Gasteiger partial charge in [-0.25, -0.2) is 0 Å². The lowest BCUT2D eigenvalue weighted by Gasteiger charge is -2.07. The van der Waals surface area contributed by atoms with Crippen LogP contribution in [0.4, 0.5) is 0 Å². The highest BCUT2D eigenvalue weighted by Crippen LogP contribution is 1.97. The molecule has 0 aliphatic carbocycles. The molecular formula is C11H15N3O3. The monoisotopic (exact) mass is 237 g/mol. The van der Waals surface area contributed by atoms with E-state index in [0.717, 1.165) is 0 Å². The van der Waals surface area contributed by atoms with Gasteiger partial charge in [0.2, 0.25) is 0 Å². The van der Waals surface area contributed by atoms with Crippen LogP contribution in [0.2, 0.25) is 0 Å². The van der Waals surface area contributed by atoms with Crippen LogP contribution in [0.15, 0.2) is 24.5 Å². The second kappa shape index (κ2) is 6.59. The second-order valence-electron chi connectivity index (χ2n) is 3.58. The minimum atomic E-state index is -1.02. The van der Waals surface area contributed by atoms with Crippen molar-refractivity contribution in [3.63, 3.8) is 0 Å². The summed E-state index contributed by atoms with van der Waals surface area (Å²) in [5, 5.41) is 11.2. The van der Waals surface area contributed by atoms with E-state index < -0.39 is 12.0 Å². The minimum Gasteiger partial charge on any atom is -0.480 e. The molecule has 0 bridgehead atoms. The van der Waals surface area contributed by atoms with E-state index in [9.17, 15) is 9.59 Å². The summed E-state index contributed by atoms with van der Waals surface area (Å²) in [5.41, 5.74) is 5.85. The molecule has 1 heterocycles. The van der Waals surface area contributed by atoms with Gasteiger partial charge < -0.3 is 16.2 Å². The average molecular weight is 237 g/mol. The Labute approximate surface area is 98.8 Å². The fourth-order valence-electron chi connectivity index (χ4n) is 1.25. The molecule has 0 aliphatic heterocycles. The number of nitrogens with two attached hydrogens (primary N) is 1. The predicted molar refractivity (Wildman–Crippen MR) is 61.4 cm³/mol. The molecule has 6 heteroatoms. The molecule has 92 valence electrons. The Morgan fingerprint density at radius 3 is 2.65 bits per heavy atom. The van der Waals surface area contributed by atoms with Gasteiger partial charge in [-0.2, -0.15) is 0 Å². The predicted octanol–water partition coefficient (Wildman–Crippen LogP) is 0.00350. The minimum absolute atomic E-state index is 0.198. The van der Waals surface area contributed by atoms with Crippen LogP contribution in [0.5, 0.6) is 0 Å². The molecule has 1 rings (SSSR count). The SMILES string of the molecule is N[C@@H](CCCNC(=O)c1ccncc1)C(=O)O. The first-order valence-corrected chi connectivity index (χ1v) is 5.28. The molecule has 1 aromatic rings. The van der Waals surface area contributed by atoms with E-state index in [1.54, 1.807) is 12.1 Å². The number of aromatic nitrogens is 1. The number of nitrogens with one attached hydrogen (secondary N) is 1. The third-order valence-corrected chi connectivity index (χ3v) is 2.24. The molecule has 1 aromatic heterocycles. The van der Waals surface area contributed by atoms with Crippen LogP contribution in [-0.2, 0) is 4.79 Å². The van der Waals surface area contributed by atoms with E-state index in [0.29, 0.717) is 24.9 Å². The second-order valence-corrected chi connectivity index (χ2v) is 3.58. The van der Waals surface area contributed by atoms with Crippen LogP contribution >= 0.6 is 0 Å². The van der Waals surface area contributed by atoms with Crippen molar-refractivity contribution in [2.75, 3.05) is 6.54 Å². The third kappa shape index (κ3) is 4.60. The molecule has 0 aliphatic rings. The number of rotatable bonds is 6. The summed E-state index contributed by atoms with van der Waals surface area (Å²) in [6.45, 7) is 0.405. The van der Waals surface area contributed by atoms with Gasteiger partial charge in [0.15, 0.2) is 0 Å². The summed E-state index contributed by atoms with van der Waals surface area (Å²) >= 11 is 0. The molecular weight excluding hydrogens is 222 g/mol.